The van der Waals surface area contributed by atoms with E-state index in [-0.39, 0.29) is 174 Å². The normalized spacial score (nSPS) is 13.4. The van der Waals surface area contributed by atoms with Crippen molar-refractivity contribution in [3.05, 3.63) is 255 Å². The summed E-state index contributed by atoms with van der Waals surface area (Å²) < 4.78 is 95.4. The van der Waals surface area contributed by atoms with Crippen LogP contribution in [0.15, 0.2) is 107 Å². The molecule has 3 aliphatic heterocycles. The molecule has 3 saturated heterocycles. The van der Waals surface area contributed by atoms with Gasteiger partial charge in [-0.25, -0.2) is 41.3 Å². The third-order valence-corrected chi connectivity index (χ3v) is 26.2. The van der Waals surface area contributed by atoms with E-state index < -0.39 is 115 Å². The molecule has 696 valence electrons. The Labute approximate surface area is 812 Å². The summed E-state index contributed by atoms with van der Waals surface area (Å²) in [5.41, 5.74) is 15.3. The molecule has 9 aromatic heterocycles. The van der Waals surface area contributed by atoms with E-state index in [2.05, 4.69) is 67.8 Å². The van der Waals surface area contributed by atoms with Gasteiger partial charge in [-0.2, -0.15) is 15.8 Å². The number of rotatable bonds is 15. The lowest BCUT2D eigenvalue weighted by atomic mass is 10.0. The Balaban J connectivity index is 0.000000171. The zero-order chi connectivity index (χ0) is 98.7. The van der Waals surface area contributed by atoms with Gasteiger partial charge in [0.05, 0.1) is 132 Å². The van der Waals surface area contributed by atoms with Crippen LogP contribution in [0.5, 0.6) is 0 Å². The number of hydrogen-bond acceptors (Lipinski definition) is 21. The first-order valence-corrected chi connectivity index (χ1v) is 44.7. The van der Waals surface area contributed by atoms with Crippen LogP contribution < -0.4 is 48.6 Å². The third-order valence-electron chi connectivity index (χ3n) is 23.2. The Morgan fingerprint density at radius 1 is 0.378 bits per heavy atom. The van der Waals surface area contributed by atoms with Crippen molar-refractivity contribution < 1.29 is 40.7 Å². The highest BCUT2D eigenvalue weighted by atomic mass is 35.5. The van der Waals surface area contributed by atoms with Gasteiger partial charge in [-0.1, -0.05) is 166 Å². The molecule has 3 amide bonds. The summed E-state index contributed by atoms with van der Waals surface area (Å²) in [7, 11) is 0. The van der Waals surface area contributed by atoms with Crippen LogP contribution in [0.4, 0.5) is 60.5 Å². The first-order chi connectivity index (χ1) is 64.0. The summed E-state index contributed by atoms with van der Waals surface area (Å²) >= 11 is 56.5. The average molecular weight is 2020 g/mol. The summed E-state index contributed by atoms with van der Waals surface area (Å²) in [4.78, 5) is 117. The Morgan fingerprint density at radius 2 is 0.600 bits per heavy atom. The number of nitrogen functional groups attached to an aromatic ring is 3. The highest BCUT2D eigenvalue weighted by molar-refractivity contribution is 6.42. The number of benzene rings is 3. The lowest BCUT2D eigenvalue weighted by Gasteiger charge is -2.36. The Kier molecular flexibility index (Phi) is 29.6. The zero-order valence-corrected chi connectivity index (χ0v) is 80.0. The molecule has 42 heteroatoms. The van der Waals surface area contributed by atoms with Crippen LogP contribution in [0, 0.1) is 89.7 Å². The largest absolute Gasteiger partial charge is 0.395 e. The van der Waals surface area contributed by atoms with Gasteiger partial charge >= 0.3 is 0 Å². The smallest absolute Gasteiger partial charge is 0.276 e. The van der Waals surface area contributed by atoms with Crippen molar-refractivity contribution in [3.63, 3.8) is 0 Å². The number of anilines is 6. The topological polar surface area (TPSA) is 363 Å². The lowest BCUT2D eigenvalue weighted by molar-refractivity contribution is -0.127. The molecule has 6 N–H and O–H groups in total. The van der Waals surface area contributed by atoms with Crippen molar-refractivity contribution in [1.82, 2.24) is 58.3 Å². The van der Waals surface area contributed by atoms with Crippen molar-refractivity contribution in [1.29, 1.82) is 15.8 Å². The van der Waals surface area contributed by atoms with Crippen LogP contribution in [-0.4, -0.2) is 155 Å². The molecule has 0 atom stereocenters. The molecule has 3 aliphatic rings. The average Bonchev–Trinajstić information content (AvgIpc) is 0.728. The first kappa shape index (κ1) is 99.7. The zero-order valence-electron chi connectivity index (χ0n) is 73.2. The maximum absolute atomic E-state index is 15.6. The molecule has 0 spiro atoms. The van der Waals surface area contributed by atoms with Crippen molar-refractivity contribution >= 4 is 189 Å². The molecule has 12 heterocycles. The number of pyridine rings is 9. The van der Waals surface area contributed by atoms with Gasteiger partial charge in [0.25, 0.3) is 16.7 Å². The van der Waals surface area contributed by atoms with Crippen molar-refractivity contribution in [2.45, 2.75) is 80.1 Å². The van der Waals surface area contributed by atoms with Gasteiger partial charge in [0.1, 0.15) is 66.9 Å². The number of nitrogens with zero attached hydrogens (tertiary/aromatic N) is 18. The fourth-order valence-electron chi connectivity index (χ4n) is 16.5. The quantitative estimate of drug-likeness (QED) is 0.0282. The Morgan fingerprint density at radius 3 is 0.800 bits per heavy atom. The molecule has 12 aromatic rings. The van der Waals surface area contributed by atoms with E-state index in [1.807, 2.05) is 41.5 Å². The van der Waals surface area contributed by atoms with Crippen LogP contribution in [0.1, 0.15) is 110 Å². The van der Waals surface area contributed by atoms with Crippen molar-refractivity contribution in [3.8, 4) is 69.0 Å². The lowest BCUT2D eigenvalue weighted by Crippen LogP contribution is -2.49. The van der Waals surface area contributed by atoms with Crippen LogP contribution in [-0.2, 0) is 14.4 Å². The fraction of sp³-hybridized carbons (Fsp3) is 0.258. The second-order valence-electron chi connectivity index (χ2n) is 32.2. The van der Waals surface area contributed by atoms with Crippen LogP contribution in [0.25, 0.3) is 83.9 Å². The van der Waals surface area contributed by atoms with Crippen molar-refractivity contribution in [2.24, 2.45) is 0 Å². The number of aromatic nitrogens is 9. The molecule has 0 aliphatic carbocycles. The molecule has 0 bridgehead atoms. The summed E-state index contributed by atoms with van der Waals surface area (Å²) in [6, 6.07) is 15.6. The minimum absolute atomic E-state index is 0.0135. The third kappa shape index (κ3) is 17.8. The van der Waals surface area contributed by atoms with E-state index >= 15 is 13.2 Å². The van der Waals surface area contributed by atoms with Gasteiger partial charge in [-0.15, -0.1) is 0 Å². The number of carbonyl (C=O) groups excluding carboxylic acids is 3. The van der Waals surface area contributed by atoms with Crippen LogP contribution in [0.3, 0.4) is 0 Å². The van der Waals surface area contributed by atoms with Gasteiger partial charge in [0.15, 0.2) is 34.9 Å². The van der Waals surface area contributed by atoms with E-state index in [1.54, 1.807) is 87.0 Å². The minimum Gasteiger partial charge on any atom is -0.395 e. The summed E-state index contributed by atoms with van der Waals surface area (Å²) in [5.74, 6) is -8.15. The number of nitrogens with two attached hydrogens (primary N) is 3. The summed E-state index contributed by atoms with van der Waals surface area (Å²) in [6.07, 6.45) is 8.48. The molecule has 3 aromatic carbocycles. The maximum atomic E-state index is 15.6. The number of carbonyl (C=O) groups is 3. The van der Waals surface area contributed by atoms with E-state index in [0.29, 0.717) is 90.1 Å². The molecule has 0 saturated carbocycles. The van der Waals surface area contributed by atoms with Gasteiger partial charge in [0.2, 0.25) is 17.7 Å². The molecular formula is C93H78Cl9F6N21O6. The Hall–Kier alpha value is -12.7. The summed E-state index contributed by atoms with van der Waals surface area (Å²) in [5, 5.41) is 27.3. The molecule has 27 nitrogen and oxygen atoms in total. The molecule has 0 radical (unpaired) electrons. The number of hydrogen-bond donors (Lipinski definition) is 3. The number of aryl methyl sites for hydroxylation is 3. The number of fused-ring (bicyclic) bond motifs is 3. The van der Waals surface area contributed by atoms with Gasteiger partial charge in [0, 0.05) is 113 Å². The predicted molar refractivity (Wildman–Crippen MR) is 517 cm³/mol. The van der Waals surface area contributed by atoms with E-state index in [0.717, 1.165) is 0 Å². The number of nitriles is 3. The van der Waals surface area contributed by atoms with E-state index in [4.69, 9.17) is 122 Å². The van der Waals surface area contributed by atoms with Crippen LogP contribution in [0.2, 0.25) is 45.2 Å². The molecule has 0 unspecified atom stereocenters. The maximum Gasteiger partial charge on any atom is 0.276 e. The standard InChI is InChI=1S/3C31H26Cl3F2N7O2/c3*1-5-19(44)41-8-10-42(11-9-41)29-16-12-18(32)27(20-21(33)24(36)22(34)25(38)23(20)35)40-30(16)43(31(45)17(29)13-37)28-15(4)6-7-39-26(28)14(2)3/h3*5-7,12,14H,1,8-11,38H2,2-4H3. The first-order valence-electron chi connectivity index (χ1n) is 41.3. The molecule has 135 heavy (non-hydrogen) atoms. The summed E-state index contributed by atoms with van der Waals surface area (Å²) in [6.45, 7) is 30.7. The van der Waals surface area contributed by atoms with E-state index in [1.165, 1.54) is 50.1 Å². The highest BCUT2D eigenvalue weighted by Gasteiger charge is 2.38. The predicted octanol–water partition coefficient (Wildman–Crippen LogP) is 19.2. The minimum atomic E-state index is -1.17. The van der Waals surface area contributed by atoms with Gasteiger partial charge < -0.3 is 46.6 Å². The highest BCUT2D eigenvalue weighted by Crippen LogP contribution is 2.50. The second kappa shape index (κ2) is 40.1. The van der Waals surface area contributed by atoms with E-state index in [9.17, 15) is 57.7 Å². The van der Waals surface area contributed by atoms with Gasteiger partial charge in [-0.05, 0) is 110 Å². The SMILES string of the molecule is C=CC(=O)N1CCN(c2c(C#N)c(=O)n(-c3c(C)ccnc3C(C)C)c3nc(-c4c(F)c(N)c(Cl)c(F)c4Cl)c(Cl)cc23)CC1.C=CC(=O)N1CCN(c2c(C#N)c(=O)n(-c3c(C)ccnc3C(C)C)c3nc(-c4c(F)c(N)c(Cl)c(F)c4Cl)c(Cl)cc23)CC1.C=CC(=O)N1CCN(c2c(C#N)c(=O)n(-c3c(C)ccnc3C(C)C)c3nc(-c4c(F)c(N)c(Cl)c(F)c4Cl)c(Cl)cc23)CC1. The Bertz CT molecular complexity index is 6650. The molecular weight excluding hydrogens is 1940 g/mol. The number of amides is 3. The molecule has 3 fully saturated rings. The number of halogens is 15. The monoisotopic (exact) mass is 2010 g/mol. The fourth-order valence-corrected chi connectivity index (χ4v) is 18.7. The van der Waals surface area contributed by atoms with Crippen molar-refractivity contribution in [2.75, 3.05) is 110 Å². The number of piperazine rings is 3. The molecule has 15 rings (SSSR count). The van der Waals surface area contributed by atoms with Gasteiger partial charge in [-0.3, -0.25) is 57.4 Å². The second-order valence-corrected chi connectivity index (χ2v) is 35.7. The van der Waals surface area contributed by atoms with Crippen LogP contribution >= 0.6 is 104 Å².